The van der Waals surface area contributed by atoms with Crippen LogP contribution in [0.1, 0.15) is 5.76 Å². The first-order chi connectivity index (χ1) is 15.2. The van der Waals surface area contributed by atoms with E-state index in [1.807, 2.05) is 59.2 Å². The van der Waals surface area contributed by atoms with Gasteiger partial charge in [0.15, 0.2) is 5.16 Å². The Labute approximate surface area is 184 Å². The number of fused-ring (bicyclic) bond motifs is 1. The number of ether oxygens (including phenoxy) is 2. The largest absolute Gasteiger partial charge is 0.497 e. The van der Waals surface area contributed by atoms with Crippen LogP contribution in [-0.2, 0) is 17.9 Å². The molecule has 0 radical (unpaired) electrons. The number of carbonyl (C=O) groups is 1. The molecule has 1 N–H and O–H groups in total. The Morgan fingerprint density at radius 2 is 2.00 bits per heavy atom. The zero-order valence-corrected chi connectivity index (χ0v) is 17.9. The van der Waals surface area contributed by atoms with Crippen LogP contribution in [0.5, 0.6) is 11.5 Å². The third-order valence-corrected chi connectivity index (χ3v) is 5.53. The van der Waals surface area contributed by atoms with Crippen molar-refractivity contribution in [1.82, 2.24) is 14.9 Å². The Kier molecular flexibility index (Phi) is 6.78. The fraction of sp³-hybridized carbons (Fsp3) is 0.217. The number of para-hydroxylation sites is 2. The van der Waals surface area contributed by atoms with Gasteiger partial charge in [-0.25, -0.2) is 4.98 Å². The predicted octanol–water partition coefficient (Wildman–Crippen LogP) is 4.13. The van der Waals surface area contributed by atoms with Crippen LogP contribution in [0, 0.1) is 0 Å². The van der Waals surface area contributed by atoms with Gasteiger partial charge in [0.2, 0.25) is 5.91 Å². The van der Waals surface area contributed by atoms with Crippen molar-refractivity contribution >= 4 is 28.7 Å². The number of amides is 1. The van der Waals surface area contributed by atoms with E-state index in [1.54, 1.807) is 31.2 Å². The van der Waals surface area contributed by atoms with Gasteiger partial charge >= 0.3 is 0 Å². The van der Waals surface area contributed by atoms with Crippen LogP contribution in [-0.4, -0.2) is 34.9 Å². The van der Waals surface area contributed by atoms with E-state index in [0.717, 1.165) is 27.7 Å². The first kappa shape index (κ1) is 20.9. The van der Waals surface area contributed by atoms with Gasteiger partial charge in [0, 0.05) is 11.8 Å². The van der Waals surface area contributed by atoms with Crippen molar-refractivity contribution < 1.29 is 18.7 Å². The summed E-state index contributed by atoms with van der Waals surface area (Å²) in [5.41, 5.74) is 1.78. The van der Waals surface area contributed by atoms with Crippen LogP contribution in [0.3, 0.4) is 0 Å². The summed E-state index contributed by atoms with van der Waals surface area (Å²) in [5, 5.41) is 3.67. The monoisotopic (exact) mass is 437 g/mol. The molecule has 2 heterocycles. The highest BCUT2D eigenvalue weighted by Crippen LogP contribution is 2.25. The zero-order valence-electron chi connectivity index (χ0n) is 17.1. The van der Waals surface area contributed by atoms with Crippen molar-refractivity contribution in [2.24, 2.45) is 0 Å². The maximum Gasteiger partial charge on any atom is 0.240 e. The molecule has 31 heavy (non-hydrogen) atoms. The molecule has 0 bridgehead atoms. The number of nitrogens with zero attached hydrogens (tertiary/aromatic N) is 2. The SMILES string of the molecule is COc1cccc(OCCSc2nc3ccccc3n2CC(=O)NCc2ccco2)c1. The van der Waals surface area contributed by atoms with E-state index < -0.39 is 0 Å². The predicted molar refractivity (Wildman–Crippen MR) is 120 cm³/mol. The van der Waals surface area contributed by atoms with Gasteiger partial charge in [-0.3, -0.25) is 4.79 Å². The lowest BCUT2D eigenvalue weighted by Crippen LogP contribution is -2.27. The number of imidazole rings is 1. The molecular weight excluding hydrogens is 414 g/mol. The third kappa shape index (κ3) is 5.40. The lowest BCUT2D eigenvalue weighted by atomic mass is 10.3. The fourth-order valence-corrected chi connectivity index (χ4v) is 3.93. The fourth-order valence-electron chi connectivity index (χ4n) is 3.10. The van der Waals surface area contributed by atoms with Crippen molar-refractivity contribution in [1.29, 1.82) is 0 Å². The molecule has 0 spiro atoms. The van der Waals surface area contributed by atoms with E-state index in [-0.39, 0.29) is 12.5 Å². The van der Waals surface area contributed by atoms with E-state index in [9.17, 15) is 4.79 Å². The van der Waals surface area contributed by atoms with Crippen molar-refractivity contribution in [3.8, 4) is 11.5 Å². The van der Waals surface area contributed by atoms with Gasteiger partial charge in [0.25, 0.3) is 0 Å². The molecule has 4 aromatic rings. The second-order valence-electron chi connectivity index (χ2n) is 6.70. The summed E-state index contributed by atoms with van der Waals surface area (Å²) < 4.78 is 18.2. The van der Waals surface area contributed by atoms with Gasteiger partial charge in [0.05, 0.1) is 37.6 Å². The molecule has 0 aliphatic rings. The Balaban J connectivity index is 1.39. The van der Waals surface area contributed by atoms with Crippen molar-refractivity contribution in [2.75, 3.05) is 19.5 Å². The average molecular weight is 438 g/mol. The summed E-state index contributed by atoms with van der Waals surface area (Å²) in [6.07, 6.45) is 1.59. The topological polar surface area (TPSA) is 78.5 Å². The average Bonchev–Trinajstić information content (AvgIpc) is 3.44. The highest BCUT2D eigenvalue weighted by Gasteiger charge is 2.14. The maximum atomic E-state index is 12.5. The van der Waals surface area contributed by atoms with Crippen LogP contribution < -0.4 is 14.8 Å². The molecule has 160 valence electrons. The van der Waals surface area contributed by atoms with Crippen molar-refractivity contribution in [2.45, 2.75) is 18.2 Å². The first-order valence-corrected chi connectivity index (χ1v) is 10.9. The Bertz CT molecular complexity index is 1140. The molecule has 0 saturated heterocycles. The molecule has 0 atom stereocenters. The quantitative estimate of drug-likeness (QED) is 0.297. The van der Waals surface area contributed by atoms with E-state index in [1.165, 1.54) is 0 Å². The lowest BCUT2D eigenvalue weighted by Gasteiger charge is -2.10. The number of thioether (sulfide) groups is 1. The summed E-state index contributed by atoms with van der Waals surface area (Å²) in [5.74, 6) is 2.81. The van der Waals surface area contributed by atoms with Crippen molar-refractivity contribution in [3.63, 3.8) is 0 Å². The number of furan rings is 1. The molecule has 8 heteroatoms. The van der Waals surface area contributed by atoms with Crippen LogP contribution in [0.15, 0.2) is 76.5 Å². The van der Waals surface area contributed by atoms with Gasteiger partial charge in [-0.1, -0.05) is 30.0 Å². The second kappa shape index (κ2) is 10.1. The van der Waals surface area contributed by atoms with E-state index in [4.69, 9.17) is 18.9 Å². The summed E-state index contributed by atoms with van der Waals surface area (Å²) in [4.78, 5) is 17.2. The number of carbonyl (C=O) groups excluding carboxylic acids is 1. The van der Waals surface area contributed by atoms with Crippen LogP contribution in [0.2, 0.25) is 0 Å². The molecule has 4 rings (SSSR count). The zero-order chi connectivity index (χ0) is 21.5. The second-order valence-corrected chi connectivity index (χ2v) is 7.76. The Morgan fingerprint density at radius 1 is 1.13 bits per heavy atom. The first-order valence-electron chi connectivity index (χ1n) is 9.87. The highest BCUT2D eigenvalue weighted by molar-refractivity contribution is 7.99. The summed E-state index contributed by atoms with van der Waals surface area (Å²) in [7, 11) is 1.63. The highest BCUT2D eigenvalue weighted by atomic mass is 32.2. The minimum atomic E-state index is -0.103. The smallest absolute Gasteiger partial charge is 0.240 e. The number of rotatable bonds is 10. The lowest BCUT2D eigenvalue weighted by molar-refractivity contribution is -0.122. The number of methoxy groups -OCH3 is 1. The van der Waals surface area contributed by atoms with Gasteiger partial charge < -0.3 is 23.8 Å². The maximum absolute atomic E-state index is 12.5. The van der Waals surface area contributed by atoms with Crippen molar-refractivity contribution in [3.05, 3.63) is 72.7 Å². The van der Waals surface area contributed by atoms with Crippen LogP contribution >= 0.6 is 11.8 Å². The van der Waals surface area contributed by atoms with Gasteiger partial charge in [-0.05, 0) is 36.4 Å². The normalized spacial score (nSPS) is 10.9. The molecule has 1 amide bonds. The molecular formula is C23H23N3O4S. The summed E-state index contributed by atoms with van der Waals surface area (Å²) in [6, 6.07) is 18.9. The Hall–Kier alpha value is -3.39. The number of benzene rings is 2. The molecule has 0 fully saturated rings. The van der Waals surface area contributed by atoms with Gasteiger partial charge in [-0.15, -0.1) is 0 Å². The number of hydrogen-bond acceptors (Lipinski definition) is 6. The van der Waals surface area contributed by atoms with E-state index >= 15 is 0 Å². The third-order valence-electron chi connectivity index (χ3n) is 4.59. The minimum Gasteiger partial charge on any atom is -0.497 e. The molecule has 0 saturated carbocycles. The van der Waals surface area contributed by atoms with Crippen LogP contribution in [0.25, 0.3) is 11.0 Å². The number of hydrogen-bond donors (Lipinski definition) is 1. The summed E-state index contributed by atoms with van der Waals surface area (Å²) in [6.45, 7) is 1.04. The molecule has 2 aromatic carbocycles. The molecule has 7 nitrogen and oxygen atoms in total. The van der Waals surface area contributed by atoms with E-state index in [2.05, 4.69) is 5.32 Å². The minimum absolute atomic E-state index is 0.103. The van der Waals surface area contributed by atoms with Gasteiger partial charge in [0.1, 0.15) is 23.8 Å². The number of aromatic nitrogens is 2. The van der Waals surface area contributed by atoms with Crippen LogP contribution in [0.4, 0.5) is 0 Å². The van der Waals surface area contributed by atoms with E-state index in [0.29, 0.717) is 24.7 Å². The standard InChI is InChI=1S/C23H23N3O4S/c1-28-17-6-4-7-18(14-17)30-12-13-31-23-25-20-9-2-3-10-21(20)26(23)16-22(27)24-15-19-8-5-11-29-19/h2-11,14H,12-13,15-16H2,1H3,(H,24,27). The molecule has 2 aromatic heterocycles. The summed E-state index contributed by atoms with van der Waals surface area (Å²) >= 11 is 1.56. The Morgan fingerprint density at radius 3 is 2.84 bits per heavy atom. The number of nitrogens with one attached hydrogen (secondary N) is 1. The van der Waals surface area contributed by atoms with Gasteiger partial charge in [-0.2, -0.15) is 0 Å². The molecule has 0 aliphatic carbocycles. The molecule has 0 unspecified atom stereocenters. The molecule has 0 aliphatic heterocycles.